The Kier molecular flexibility index (Phi) is 5.41. The molecule has 0 bridgehead atoms. The van der Waals surface area contributed by atoms with Gasteiger partial charge in [-0.25, -0.2) is 0 Å². The van der Waals surface area contributed by atoms with Gasteiger partial charge in [0.2, 0.25) is 5.91 Å². The summed E-state index contributed by atoms with van der Waals surface area (Å²) < 4.78 is 5.29. The van der Waals surface area contributed by atoms with E-state index in [2.05, 4.69) is 22.5 Å². The predicted octanol–water partition coefficient (Wildman–Crippen LogP) is -0.177. The maximum atomic E-state index is 11.9. The van der Waals surface area contributed by atoms with Crippen LogP contribution in [0.5, 0.6) is 0 Å². The Bertz CT molecular complexity index is 259. The van der Waals surface area contributed by atoms with Crippen molar-refractivity contribution in [1.82, 2.24) is 15.5 Å². The molecule has 0 saturated carbocycles. The molecule has 2 fully saturated rings. The number of nitrogens with one attached hydrogen (secondary N) is 2. The fourth-order valence-corrected chi connectivity index (χ4v) is 2.61. The Balaban J connectivity index is 1.63. The summed E-state index contributed by atoms with van der Waals surface area (Å²) in [6, 6.07) is -0.158. The molecule has 2 N–H and O–H groups in total. The molecule has 5 nitrogen and oxygen atoms in total. The van der Waals surface area contributed by atoms with Crippen LogP contribution in [0.15, 0.2) is 0 Å². The molecule has 2 rings (SSSR count). The molecule has 0 aromatic carbocycles. The zero-order valence-electron chi connectivity index (χ0n) is 11.3. The Morgan fingerprint density at radius 2 is 2.22 bits per heavy atom. The first-order chi connectivity index (χ1) is 8.79. The lowest BCUT2D eigenvalue weighted by Gasteiger charge is -2.31. The van der Waals surface area contributed by atoms with Gasteiger partial charge in [0.05, 0.1) is 13.2 Å². The van der Waals surface area contributed by atoms with Crippen molar-refractivity contribution in [1.29, 1.82) is 0 Å². The minimum absolute atomic E-state index is 0.0904. The quantitative estimate of drug-likeness (QED) is 0.732. The van der Waals surface area contributed by atoms with Gasteiger partial charge in [-0.3, -0.25) is 4.79 Å². The normalized spacial score (nSPS) is 27.1. The summed E-state index contributed by atoms with van der Waals surface area (Å²) in [6.07, 6.45) is 2.39. The molecule has 0 aliphatic carbocycles. The highest BCUT2D eigenvalue weighted by Crippen LogP contribution is 2.15. The number of piperidine rings is 1. The first kappa shape index (κ1) is 13.8. The number of nitrogens with zero attached hydrogens (tertiary/aromatic N) is 1. The van der Waals surface area contributed by atoms with Gasteiger partial charge >= 0.3 is 0 Å². The maximum Gasteiger partial charge on any atom is 0.239 e. The number of ether oxygens (including phenoxy) is 1. The number of carbonyl (C=O) groups is 1. The monoisotopic (exact) mass is 255 g/mol. The van der Waals surface area contributed by atoms with Gasteiger partial charge in [0.25, 0.3) is 0 Å². The number of likely N-dealkylation sites (tertiary alicyclic amines) is 1. The van der Waals surface area contributed by atoms with Gasteiger partial charge in [-0.2, -0.15) is 0 Å². The van der Waals surface area contributed by atoms with Crippen LogP contribution in [0.25, 0.3) is 0 Å². The molecule has 2 saturated heterocycles. The van der Waals surface area contributed by atoms with Crippen LogP contribution in [0.2, 0.25) is 0 Å². The third-order valence-electron chi connectivity index (χ3n) is 3.96. The van der Waals surface area contributed by atoms with Gasteiger partial charge in [0.15, 0.2) is 0 Å². The van der Waals surface area contributed by atoms with Crippen molar-refractivity contribution < 1.29 is 9.53 Å². The van der Waals surface area contributed by atoms with Gasteiger partial charge < -0.3 is 20.3 Å². The molecule has 5 heteroatoms. The topological polar surface area (TPSA) is 53.6 Å². The highest BCUT2D eigenvalue weighted by Gasteiger charge is 2.23. The van der Waals surface area contributed by atoms with Crippen molar-refractivity contribution in [3.8, 4) is 0 Å². The zero-order valence-corrected chi connectivity index (χ0v) is 11.3. The summed E-state index contributed by atoms with van der Waals surface area (Å²) in [4.78, 5) is 14.4. The van der Waals surface area contributed by atoms with Crippen molar-refractivity contribution in [2.75, 3.05) is 45.9 Å². The van der Waals surface area contributed by atoms with Crippen molar-refractivity contribution in [2.24, 2.45) is 5.92 Å². The number of carbonyl (C=O) groups excluding carboxylic acids is 1. The van der Waals surface area contributed by atoms with E-state index in [9.17, 15) is 4.79 Å². The maximum absolute atomic E-state index is 11.9. The molecule has 0 spiro atoms. The minimum Gasteiger partial charge on any atom is -0.378 e. The Morgan fingerprint density at radius 1 is 1.44 bits per heavy atom. The van der Waals surface area contributed by atoms with E-state index < -0.39 is 0 Å². The van der Waals surface area contributed by atoms with Crippen molar-refractivity contribution in [3.05, 3.63) is 0 Å². The lowest BCUT2D eigenvalue weighted by atomic mass is 9.97. The third-order valence-corrected chi connectivity index (χ3v) is 3.96. The second-order valence-corrected chi connectivity index (χ2v) is 5.20. The van der Waals surface area contributed by atoms with E-state index in [1.54, 1.807) is 0 Å². The summed E-state index contributed by atoms with van der Waals surface area (Å²) in [5.74, 6) is 0.730. The number of hydrogen-bond donors (Lipinski definition) is 2. The van der Waals surface area contributed by atoms with Crippen LogP contribution in [0, 0.1) is 5.92 Å². The van der Waals surface area contributed by atoms with Crippen molar-refractivity contribution >= 4 is 5.91 Å². The third kappa shape index (κ3) is 3.93. The Hall–Kier alpha value is -0.650. The molecule has 0 aromatic rings. The fourth-order valence-electron chi connectivity index (χ4n) is 2.61. The Morgan fingerprint density at radius 3 is 2.83 bits per heavy atom. The second kappa shape index (κ2) is 7.07. The van der Waals surface area contributed by atoms with Gasteiger partial charge in [-0.05, 0) is 38.4 Å². The van der Waals surface area contributed by atoms with Gasteiger partial charge in [0.1, 0.15) is 6.04 Å². The smallest absolute Gasteiger partial charge is 0.239 e. The predicted molar refractivity (Wildman–Crippen MR) is 70.5 cm³/mol. The SMILES string of the molecule is CCN1CCC(CNC(=O)C2COCCN2)CC1. The lowest BCUT2D eigenvalue weighted by molar-refractivity contribution is -0.126. The highest BCUT2D eigenvalue weighted by atomic mass is 16.5. The lowest BCUT2D eigenvalue weighted by Crippen LogP contribution is -2.52. The number of rotatable bonds is 4. The number of hydrogen-bond acceptors (Lipinski definition) is 4. The molecule has 1 atom stereocenters. The minimum atomic E-state index is -0.158. The van der Waals surface area contributed by atoms with Gasteiger partial charge in [0, 0.05) is 13.1 Å². The van der Waals surface area contributed by atoms with Crippen LogP contribution in [0.3, 0.4) is 0 Å². The number of morpholine rings is 1. The van der Waals surface area contributed by atoms with Crippen LogP contribution in [0.4, 0.5) is 0 Å². The molecular weight excluding hydrogens is 230 g/mol. The summed E-state index contributed by atoms with van der Waals surface area (Å²) >= 11 is 0. The van der Waals surface area contributed by atoms with E-state index in [0.717, 1.165) is 19.6 Å². The molecule has 18 heavy (non-hydrogen) atoms. The van der Waals surface area contributed by atoms with E-state index in [0.29, 0.717) is 19.1 Å². The van der Waals surface area contributed by atoms with E-state index >= 15 is 0 Å². The first-order valence-corrected chi connectivity index (χ1v) is 7.10. The van der Waals surface area contributed by atoms with Crippen LogP contribution in [-0.4, -0.2) is 62.8 Å². The van der Waals surface area contributed by atoms with Crippen LogP contribution in [0.1, 0.15) is 19.8 Å². The standard InChI is InChI=1S/C13H25N3O2/c1-2-16-6-3-11(4-7-16)9-15-13(17)12-10-18-8-5-14-12/h11-12,14H,2-10H2,1H3,(H,15,17). The molecule has 0 aromatic heterocycles. The molecule has 104 valence electrons. The molecule has 1 amide bonds. The largest absolute Gasteiger partial charge is 0.378 e. The second-order valence-electron chi connectivity index (χ2n) is 5.20. The van der Waals surface area contributed by atoms with Gasteiger partial charge in [-0.1, -0.05) is 6.92 Å². The zero-order chi connectivity index (χ0) is 12.8. The van der Waals surface area contributed by atoms with Crippen molar-refractivity contribution in [2.45, 2.75) is 25.8 Å². The Labute approximate surface area is 109 Å². The molecule has 1 unspecified atom stereocenters. The average Bonchev–Trinajstić information content (AvgIpc) is 2.46. The van der Waals surface area contributed by atoms with Crippen molar-refractivity contribution in [3.63, 3.8) is 0 Å². The van der Waals surface area contributed by atoms with E-state index in [1.807, 2.05) is 0 Å². The first-order valence-electron chi connectivity index (χ1n) is 7.10. The molecule has 2 aliphatic heterocycles. The number of amides is 1. The molecule has 2 aliphatic rings. The fraction of sp³-hybridized carbons (Fsp3) is 0.923. The summed E-state index contributed by atoms with van der Waals surface area (Å²) in [5.41, 5.74) is 0. The van der Waals surface area contributed by atoms with E-state index in [4.69, 9.17) is 4.74 Å². The molecular formula is C13H25N3O2. The van der Waals surface area contributed by atoms with Crippen LogP contribution < -0.4 is 10.6 Å². The molecule has 0 radical (unpaired) electrons. The van der Waals surface area contributed by atoms with E-state index in [-0.39, 0.29) is 11.9 Å². The average molecular weight is 255 g/mol. The highest BCUT2D eigenvalue weighted by molar-refractivity contribution is 5.81. The van der Waals surface area contributed by atoms with E-state index in [1.165, 1.54) is 25.9 Å². The molecule has 2 heterocycles. The van der Waals surface area contributed by atoms with Gasteiger partial charge in [-0.15, -0.1) is 0 Å². The summed E-state index contributed by atoms with van der Waals surface area (Å²) in [6.45, 7) is 8.48. The summed E-state index contributed by atoms with van der Waals surface area (Å²) in [7, 11) is 0. The van der Waals surface area contributed by atoms with Crippen LogP contribution >= 0.6 is 0 Å². The summed E-state index contributed by atoms with van der Waals surface area (Å²) in [5, 5.41) is 6.23. The van der Waals surface area contributed by atoms with Crippen LogP contribution in [-0.2, 0) is 9.53 Å².